The molecule has 0 aliphatic carbocycles. The highest BCUT2D eigenvalue weighted by molar-refractivity contribution is 7.88. The molecule has 5 nitrogen and oxygen atoms in total. The van der Waals surface area contributed by atoms with Crippen LogP contribution in [0, 0.1) is 0 Å². The van der Waals surface area contributed by atoms with E-state index in [1.807, 2.05) is 0 Å². The van der Waals surface area contributed by atoms with Gasteiger partial charge in [0.25, 0.3) is 0 Å². The number of alkyl halides is 3. The van der Waals surface area contributed by atoms with Gasteiger partial charge in [-0.25, -0.2) is 13.6 Å². The average Bonchev–Trinajstić information content (AvgIpc) is 2.53. The van der Waals surface area contributed by atoms with Gasteiger partial charge in [-0.3, -0.25) is 4.79 Å². The first-order valence-electron chi connectivity index (χ1n) is 7.29. The van der Waals surface area contributed by atoms with E-state index in [9.17, 15) is 26.4 Å². The number of rotatable bonds is 5. The van der Waals surface area contributed by atoms with Crippen molar-refractivity contribution < 1.29 is 26.4 Å². The topological polar surface area (TPSA) is 89.3 Å². The second-order valence-corrected chi connectivity index (χ2v) is 7.06. The van der Waals surface area contributed by atoms with Crippen molar-refractivity contribution in [2.24, 2.45) is 5.14 Å². The Morgan fingerprint density at radius 1 is 1.04 bits per heavy atom. The van der Waals surface area contributed by atoms with Gasteiger partial charge in [-0.15, -0.1) is 0 Å². The lowest BCUT2D eigenvalue weighted by Gasteiger charge is -2.06. The summed E-state index contributed by atoms with van der Waals surface area (Å²) >= 11 is 0. The normalized spacial score (nSPS) is 12.3. The van der Waals surface area contributed by atoms with Crippen molar-refractivity contribution in [1.82, 2.24) is 0 Å². The van der Waals surface area contributed by atoms with Gasteiger partial charge in [-0.1, -0.05) is 24.3 Å². The summed E-state index contributed by atoms with van der Waals surface area (Å²) in [6.07, 6.45) is -1.85. The van der Waals surface area contributed by atoms with Crippen molar-refractivity contribution in [1.29, 1.82) is 0 Å². The van der Waals surface area contributed by atoms with Gasteiger partial charge >= 0.3 is 6.18 Å². The highest BCUT2D eigenvalue weighted by atomic mass is 32.2. The number of hydrogen-bond donors (Lipinski definition) is 2. The Bertz CT molecular complexity index is 904. The highest BCUT2D eigenvalue weighted by Crippen LogP contribution is 2.29. The largest absolute Gasteiger partial charge is 0.416 e. The summed E-state index contributed by atoms with van der Waals surface area (Å²) < 4.78 is 59.4. The lowest BCUT2D eigenvalue weighted by molar-refractivity contribution is -0.137. The van der Waals surface area contributed by atoms with E-state index in [1.165, 1.54) is 48.6 Å². The fraction of sp³-hybridized carbons (Fsp3) is 0.118. The molecule has 26 heavy (non-hydrogen) atoms. The molecule has 0 aliphatic heterocycles. The van der Waals surface area contributed by atoms with Crippen LogP contribution in [0.15, 0.2) is 54.6 Å². The molecule has 3 N–H and O–H groups in total. The van der Waals surface area contributed by atoms with Crippen LogP contribution in [0.3, 0.4) is 0 Å². The molecule has 0 aliphatic rings. The number of primary sulfonamides is 1. The van der Waals surface area contributed by atoms with Crippen molar-refractivity contribution >= 4 is 27.7 Å². The summed E-state index contributed by atoms with van der Waals surface area (Å²) in [5.74, 6) is -0.793. The third-order valence-corrected chi connectivity index (χ3v) is 3.99. The number of anilines is 1. The summed E-state index contributed by atoms with van der Waals surface area (Å²) in [5, 5.41) is 7.50. The van der Waals surface area contributed by atoms with Crippen LogP contribution >= 0.6 is 0 Å². The molecule has 0 saturated heterocycles. The van der Waals surface area contributed by atoms with E-state index in [0.717, 1.165) is 12.1 Å². The molecule has 0 saturated carbocycles. The molecule has 1 amide bonds. The molecule has 0 unspecified atom stereocenters. The first-order valence-corrected chi connectivity index (χ1v) is 9.00. The van der Waals surface area contributed by atoms with Gasteiger partial charge in [0, 0.05) is 11.8 Å². The van der Waals surface area contributed by atoms with E-state index >= 15 is 0 Å². The average molecular weight is 384 g/mol. The molecule has 0 atom stereocenters. The molecule has 0 bridgehead atoms. The Morgan fingerprint density at radius 3 is 2.12 bits per heavy atom. The number of halogens is 3. The van der Waals surface area contributed by atoms with Gasteiger partial charge in [0.15, 0.2) is 0 Å². The number of nitrogens with two attached hydrogens (primary N) is 1. The van der Waals surface area contributed by atoms with Gasteiger partial charge < -0.3 is 5.32 Å². The van der Waals surface area contributed by atoms with Crippen molar-refractivity contribution in [2.75, 3.05) is 5.32 Å². The Kier molecular flexibility index (Phi) is 5.83. The summed E-state index contributed by atoms with van der Waals surface area (Å²) in [6, 6.07) is 10.4. The molecular weight excluding hydrogens is 369 g/mol. The van der Waals surface area contributed by atoms with Crippen LogP contribution in [0.5, 0.6) is 0 Å². The Balaban J connectivity index is 1.96. The zero-order chi connectivity index (χ0) is 19.4. The van der Waals surface area contributed by atoms with Gasteiger partial charge in [-0.2, -0.15) is 13.2 Å². The van der Waals surface area contributed by atoms with Crippen LogP contribution in [0.2, 0.25) is 0 Å². The van der Waals surface area contributed by atoms with Crippen LogP contribution in [-0.2, 0) is 26.7 Å². The predicted octanol–water partition coefficient (Wildman–Crippen LogP) is 3.15. The van der Waals surface area contributed by atoms with E-state index in [2.05, 4.69) is 5.32 Å². The summed E-state index contributed by atoms with van der Waals surface area (Å²) in [5.41, 5.74) is 0.589. The standard InChI is InChI=1S/C17H15F3N2O3S/c18-17(19,20)14-6-1-12(2-7-14)5-10-16(23)22-15-8-3-13(4-9-15)11-26(21,24)25/h1-10H,11H2,(H,22,23)(H2,21,24,25)/b10-5+. The van der Waals surface area contributed by atoms with E-state index < -0.39 is 27.7 Å². The van der Waals surface area contributed by atoms with Crippen molar-refractivity contribution in [3.63, 3.8) is 0 Å². The molecular formula is C17H15F3N2O3S. The van der Waals surface area contributed by atoms with Crippen LogP contribution in [-0.4, -0.2) is 14.3 Å². The monoisotopic (exact) mass is 384 g/mol. The third kappa shape index (κ3) is 6.34. The van der Waals surface area contributed by atoms with Gasteiger partial charge in [0.05, 0.1) is 11.3 Å². The zero-order valence-electron chi connectivity index (χ0n) is 13.3. The predicted molar refractivity (Wildman–Crippen MR) is 92.4 cm³/mol. The fourth-order valence-corrected chi connectivity index (χ4v) is 2.71. The molecule has 0 aromatic heterocycles. The summed E-state index contributed by atoms with van der Waals surface area (Å²) in [6.45, 7) is 0. The minimum atomic E-state index is -4.41. The maximum absolute atomic E-state index is 12.5. The number of nitrogens with one attached hydrogen (secondary N) is 1. The molecule has 0 fully saturated rings. The first kappa shape index (κ1) is 19.7. The molecule has 0 heterocycles. The maximum Gasteiger partial charge on any atom is 0.416 e. The lowest BCUT2D eigenvalue weighted by atomic mass is 10.1. The Labute approximate surface area is 148 Å². The molecule has 9 heteroatoms. The van der Waals surface area contributed by atoms with Crippen molar-refractivity contribution in [3.8, 4) is 0 Å². The SMILES string of the molecule is NS(=O)(=O)Cc1ccc(NC(=O)/C=C/c2ccc(C(F)(F)F)cc2)cc1. The zero-order valence-corrected chi connectivity index (χ0v) is 14.1. The van der Waals surface area contributed by atoms with Crippen molar-refractivity contribution in [3.05, 3.63) is 71.3 Å². The second kappa shape index (κ2) is 7.71. The van der Waals surface area contributed by atoms with E-state index in [1.54, 1.807) is 0 Å². The maximum atomic E-state index is 12.5. The molecule has 2 aromatic carbocycles. The fourth-order valence-electron chi connectivity index (χ4n) is 2.06. The number of sulfonamides is 1. The van der Waals surface area contributed by atoms with Crippen LogP contribution < -0.4 is 10.5 Å². The Hall–Kier alpha value is -2.65. The van der Waals surface area contributed by atoms with Gasteiger partial charge in [-0.05, 0) is 41.5 Å². The molecule has 2 aromatic rings. The van der Waals surface area contributed by atoms with Crippen LogP contribution in [0.25, 0.3) is 6.08 Å². The first-order chi connectivity index (χ1) is 12.0. The molecule has 138 valence electrons. The number of benzene rings is 2. The summed E-state index contributed by atoms with van der Waals surface area (Å²) in [4.78, 5) is 11.8. The van der Waals surface area contributed by atoms with Gasteiger partial charge in [0.2, 0.25) is 15.9 Å². The van der Waals surface area contributed by atoms with Crippen LogP contribution in [0.1, 0.15) is 16.7 Å². The van der Waals surface area contributed by atoms with Gasteiger partial charge in [0.1, 0.15) is 0 Å². The quantitative estimate of drug-likeness (QED) is 0.776. The molecule has 0 radical (unpaired) electrons. The Morgan fingerprint density at radius 2 is 1.62 bits per heavy atom. The number of carbonyl (C=O) groups excluding carboxylic acids is 1. The van der Waals surface area contributed by atoms with E-state index in [-0.39, 0.29) is 5.75 Å². The highest BCUT2D eigenvalue weighted by Gasteiger charge is 2.29. The van der Waals surface area contributed by atoms with Crippen LogP contribution in [0.4, 0.5) is 18.9 Å². The van der Waals surface area contributed by atoms with Crippen molar-refractivity contribution in [2.45, 2.75) is 11.9 Å². The third-order valence-electron chi connectivity index (χ3n) is 3.25. The second-order valence-electron chi connectivity index (χ2n) is 5.45. The number of amides is 1. The van der Waals surface area contributed by atoms with E-state index in [4.69, 9.17) is 5.14 Å². The molecule has 0 spiro atoms. The summed E-state index contributed by atoms with van der Waals surface area (Å²) in [7, 11) is -3.63. The number of hydrogen-bond acceptors (Lipinski definition) is 3. The number of carbonyl (C=O) groups is 1. The minimum Gasteiger partial charge on any atom is -0.323 e. The van der Waals surface area contributed by atoms with E-state index in [0.29, 0.717) is 16.8 Å². The lowest BCUT2D eigenvalue weighted by Crippen LogP contribution is -2.14. The molecule has 2 rings (SSSR count). The smallest absolute Gasteiger partial charge is 0.323 e. The minimum absolute atomic E-state index is 0.310.